The normalized spacial score (nSPS) is 11.5. The fourth-order valence-electron chi connectivity index (χ4n) is 2.83. The number of nitrogens with zero attached hydrogens (tertiary/aromatic N) is 1. The molecule has 30 heavy (non-hydrogen) atoms. The van der Waals surface area contributed by atoms with Gasteiger partial charge in [0.2, 0.25) is 5.91 Å². The molecule has 2 aromatic carbocycles. The first kappa shape index (κ1) is 23.2. The highest BCUT2D eigenvalue weighted by molar-refractivity contribution is 5.87. The number of carbonyl (C=O) groups is 2. The van der Waals surface area contributed by atoms with Crippen LogP contribution in [0.1, 0.15) is 32.3 Å². The van der Waals surface area contributed by atoms with E-state index in [0.29, 0.717) is 12.3 Å². The number of para-hydroxylation sites is 1. The Labute approximate surface area is 177 Å². The number of hydrogen-bond donors (Lipinski definition) is 1. The minimum atomic E-state index is -0.708. The highest BCUT2D eigenvalue weighted by Crippen LogP contribution is 2.17. The Balaban J connectivity index is 2.12. The number of carbonyl (C=O) groups excluding carboxylic acids is 2. The second-order valence-electron chi connectivity index (χ2n) is 6.91. The summed E-state index contributed by atoms with van der Waals surface area (Å²) in [5, 5.41) is 2.85. The lowest BCUT2D eigenvalue weighted by atomic mass is 10.1. The molecule has 7 heteroatoms. The van der Waals surface area contributed by atoms with E-state index >= 15 is 0 Å². The third kappa shape index (κ3) is 6.76. The van der Waals surface area contributed by atoms with E-state index in [4.69, 9.17) is 9.47 Å². The van der Waals surface area contributed by atoms with Crippen LogP contribution in [0.4, 0.5) is 4.39 Å². The molecular weight excluding hydrogens is 387 g/mol. The van der Waals surface area contributed by atoms with Gasteiger partial charge in [-0.05, 0) is 43.2 Å². The molecule has 0 unspecified atom stereocenters. The molecule has 1 N–H and O–H groups in total. The number of amides is 2. The summed E-state index contributed by atoms with van der Waals surface area (Å²) in [5.74, 6) is -0.499. The number of ether oxygens (including phenoxy) is 2. The van der Waals surface area contributed by atoms with Crippen molar-refractivity contribution in [2.45, 2.75) is 39.3 Å². The van der Waals surface area contributed by atoms with Crippen molar-refractivity contribution >= 4 is 11.8 Å². The van der Waals surface area contributed by atoms with E-state index < -0.39 is 17.8 Å². The van der Waals surface area contributed by atoms with E-state index in [1.54, 1.807) is 38.3 Å². The van der Waals surface area contributed by atoms with Crippen LogP contribution < -0.4 is 14.8 Å². The Morgan fingerprint density at radius 1 is 1.13 bits per heavy atom. The quantitative estimate of drug-likeness (QED) is 0.569. The lowest BCUT2D eigenvalue weighted by Gasteiger charge is -2.28. The molecule has 2 amide bonds. The average molecular weight is 416 g/mol. The highest BCUT2D eigenvalue weighted by atomic mass is 19.1. The van der Waals surface area contributed by atoms with Gasteiger partial charge in [0.25, 0.3) is 5.91 Å². The zero-order chi connectivity index (χ0) is 21.9. The molecule has 6 nitrogen and oxygen atoms in total. The predicted molar refractivity (Wildman–Crippen MR) is 113 cm³/mol. The number of halogens is 1. The second-order valence-corrected chi connectivity index (χ2v) is 6.91. The minimum Gasteiger partial charge on any atom is -0.497 e. The second kappa shape index (κ2) is 11.8. The maximum Gasteiger partial charge on any atom is 0.261 e. The summed E-state index contributed by atoms with van der Waals surface area (Å²) in [6.07, 6.45) is 1.82. The van der Waals surface area contributed by atoms with Gasteiger partial charge >= 0.3 is 0 Å². The van der Waals surface area contributed by atoms with Crippen molar-refractivity contribution in [1.29, 1.82) is 0 Å². The Morgan fingerprint density at radius 2 is 1.83 bits per heavy atom. The summed E-state index contributed by atoms with van der Waals surface area (Å²) in [4.78, 5) is 26.9. The lowest BCUT2D eigenvalue weighted by Crippen LogP contribution is -2.49. The Bertz CT molecular complexity index is 826. The summed E-state index contributed by atoms with van der Waals surface area (Å²) in [7, 11) is 1.58. The van der Waals surface area contributed by atoms with Crippen LogP contribution in [0.2, 0.25) is 0 Å². The first-order valence-electron chi connectivity index (χ1n) is 10.0. The van der Waals surface area contributed by atoms with E-state index in [1.165, 1.54) is 17.0 Å². The van der Waals surface area contributed by atoms with Gasteiger partial charge in [0.05, 0.1) is 7.11 Å². The zero-order valence-corrected chi connectivity index (χ0v) is 17.7. The van der Waals surface area contributed by atoms with Gasteiger partial charge in [-0.1, -0.05) is 37.6 Å². The van der Waals surface area contributed by atoms with E-state index in [0.717, 1.165) is 18.4 Å². The molecule has 0 aliphatic heterocycles. The van der Waals surface area contributed by atoms with E-state index in [9.17, 15) is 14.0 Å². The third-order valence-corrected chi connectivity index (χ3v) is 4.70. The monoisotopic (exact) mass is 416 g/mol. The molecule has 0 heterocycles. The van der Waals surface area contributed by atoms with Crippen LogP contribution in [0.25, 0.3) is 0 Å². The summed E-state index contributed by atoms with van der Waals surface area (Å²) < 4.78 is 24.3. The van der Waals surface area contributed by atoms with E-state index in [2.05, 4.69) is 5.32 Å². The van der Waals surface area contributed by atoms with Crippen molar-refractivity contribution in [3.05, 3.63) is 59.9 Å². The number of unbranched alkanes of at least 4 members (excludes halogenated alkanes) is 1. The Hall–Kier alpha value is -3.09. The summed E-state index contributed by atoms with van der Waals surface area (Å²) in [5.41, 5.74) is 0.836. The maximum absolute atomic E-state index is 13.8. The number of hydrogen-bond acceptors (Lipinski definition) is 4. The molecule has 1 atom stereocenters. The molecule has 162 valence electrons. The van der Waals surface area contributed by atoms with Gasteiger partial charge in [-0.25, -0.2) is 4.39 Å². The number of methoxy groups -OCH3 is 1. The van der Waals surface area contributed by atoms with Gasteiger partial charge in [0, 0.05) is 13.1 Å². The van der Waals surface area contributed by atoms with Gasteiger partial charge in [-0.3, -0.25) is 9.59 Å². The molecule has 0 aliphatic carbocycles. The van der Waals surface area contributed by atoms with Gasteiger partial charge in [-0.15, -0.1) is 0 Å². The number of benzene rings is 2. The summed E-state index contributed by atoms with van der Waals surface area (Å²) >= 11 is 0. The number of rotatable bonds is 11. The fourth-order valence-corrected chi connectivity index (χ4v) is 2.83. The van der Waals surface area contributed by atoms with E-state index in [1.807, 2.05) is 19.1 Å². The molecule has 2 aromatic rings. The largest absolute Gasteiger partial charge is 0.497 e. The maximum atomic E-state index is 13.8. The van der Waals surface area contributed by atoms with Crippen LogP contribution in [-0.4, -0.2) is 43.0 Å². The molecule has 0 fully saturated rings. The topological polar surface area (TPSA) is 67.9 Å². The smallest absolute Gasteiger partial charge is 0.261 e. The van der Waals surface area contributed by atoms with Crippen molar-refractivity contribution in [3.8, 4) is 11.5 Å². The molecular formula is C23H29FN2O4. The molecule has 0 saturated heterocycles. The SMILES string of the molecule is CCCCNC(=O)[C@@H](C)N(Cc1ccc(OC)cc1)C(=O)COc1ccccc1F. The summed E-state index contributed by atoms with van der Waals surface area (Å²) in [6, 6.07) is 12.4. The van der Waals surface area contributed by atoms with Crippen LogP contribution in [0.5, 0.6) is 11.5 Å². The van der Waals surface area contributed by atoms with Gasteiger partial charge in [0.1, 0.15) is 11.8 Å². The molecule has 0 radical (unpaired) electrons. The van der Waals surface area contributed by atoms with Crippen molar-refractivity contribution in [2.75, 3.05) is 20.3 Å². The third-order valence-electron chi connectivity index (χ3n) is 4.70. The zero-order valence-electron chi connectivity index (χ0n) is 17.7. The van der Waals surface area contributed by atoms with Crippen molar-refractivity contribution in [2.24, 2.45) is 0 Å². The van der Waals surface area contributed by atoms with Gasteiger partial charge in [0.15, 0.2) is 18.2 Å². The predicted octanol–water partition coefficient (Wildman–Crippen LogP) is 3.55. The molecule has 0 aliphatic rings. The fraction of sp³-hybridized carbons (Fsp3) is 0.391. The van der Waals surface area contributed by atoms with Gasteiger partial charge in [-0.2, -0.15) is 0 Å². The molecule has 0 aromatic heterocycles. The van der Waals surface area contributed by atoms with Crippen molar-refractivity contribution in [1.82, 2.24) is 10.2 Å². The molecule has 0 spiro atoms. The first-order chi connectivity index (χ1) is 14.5. The Kier molecular flexibility index (Phi) is 9.12. The lowest BCUT2D eigenvalue weighted by molar-refractivity contribution is -0.142. The number of nitrogens with one attached hydrogen (secondary N) is 1. The van der Waals surface area contributed by atoms with Crippen molar-refractivity contribution in [3.63, 3.8) is 0 Å². The van der Waals surface area contributed by atoms with Gasteiger partial charge < -0.3 is 19.7 Å². The van der Waals surface area contributed by atoms with Crippen LogP contribution >= 0.6 is 0 Å². The highest BCUT2D eigenvalue weighted by Gasteiger charge is 2.26. The average Bonchev–Trinajstić information content (AvgIpc) is 2.76. The molecule has 0 bridgehead atoms. The molecule has 2 rings (SSSR count). The Morgan fingerprint density at radius 3 is 2.47 bits per heavy atom. The van der Waals surface area contributed by atoms with E-state index in [-0.39, 0.29) is 24.8 Å². The first-order valence-corrected chi connectivity index (χ1v) is 10.0. The standard InChI is InChI=1S/C23H29FN2O4/c1-4-5-14-25-23(28)17(2)26(15-18-10-12-19(29-3)13-11-18)22(27)16-30-21-9-7-6-8-20(21)24/h6-13,17H,4-5,14-16H2,1-3H3,(H,25,28)/t17-/m1/s1. The summed E-state index contributed by atoms with van der Waals surface area (Å²) in [6.45, 7) is 4.10. The van der Waals surface area contributed by atoms with Crippen LogP contribution in [0, 0.1) is 5.82 Å². The van der Waals surface area contributed by atoms with Crippen molar-refractivity contribution < 1.29 is 23.5 Å². The minimum absolute atomic E-state index is 0.00435. The molecule has 0 saturated carbocycles. The van der Waals surface area contributed by atoms with Crippen LogP contribution in [0.3, 0.4) is 0 Å². The van der Waals surface area contributed by atoms with Crippen LogP contribution in [0.15, 0.2) is 48.5 Å². The van der Waals surface area contributed by atoms with Crippen LogP contribution in [-0.2, 0) is 16.1 Å².